The van der Waals surface area contributed by atoms with E-state index in [0.717, 1.165) is 23.1 Å². The van der Waals surface area contributed by atoms with Gasteiger partial charge in [0.2, 0.25) is 5.91 Å². The Morgan fingerprint density at radius 3 is 2.94 bits per heavy atom. The summed E-state index contributed by atoms with van der Waals surface area (Å²) in [6, 6.07) is -0.0590. The van der Waals surface area contributed by atoms with Crippen molar-refractivity contribution in [3.63, 3.8) is 0 Å². The summed E-state index contributed by atoms with van der Waals surface area (Å²) in [5, 5.41) is 6.18. The van der Waals surface area contributed by atoms with Crippen molar-refractivity contribution in [2.24, 2.45) is 4.99 Å². The summed E-state index contributed by atoms with van der Waals surface area (Å²) in [7, 11) is 0. The fourth-order valence-corrected chi connectivity index (χ4v) is 1.86. The lowest BCUT2D eigenvalue weighted by Crippen LogP contribution is -2.49. The summed E-state index contributed by atoms with van der Waals surface area (Å²) in [6.07, 6.45) is 6.92. The van der Waals surface area contributed by atoms with Gasteiger partial charge < -0.3 is 10.6 Å². The Morgan fingerprint density at radius 2 is 2.35 bits per heavy atom. The van der Waals surface area contributed by atoms with Crippen LogP contribution < -0.4 is 10.6 Å². The smallest absolute Gasteiger partial charge is 0.237 e. The van der Waals surface area contributed by atoms with Crippen molar-refractivity contribution in [1.29, 1.82) is 0 Å². The topological polar surface area (TPSA) is 53.5 Å². The van der Waals surface area contributed by atoms with Crippen LogP contribution in [-0.4, -0.2) is 30.8 Å². The number of nitrogens with zero attached hydrogens (tertiary/aromatic N) is 1. The van der Waals surface area contributed by atoms with E-state index in [0.29, 0.717) is 0 Å². The highest BCUT2D eigenvalue weighted by Crippen LogP contribution is 2.07. The van der Waals surface area contributed by atoms with Gasteiger partial charge >= 0.3 is 0 Å². The minimum absolute atomic E-state index is 0.0274. The zero-order valence-corrected chi connectivity index (χ0v) is 12.5. The van der Waals surface area contributed by atoms with Gasteiger partial charge in [0.15, 0.2) is 0 Å². The lowest BCUT2D eigenvalue weighted by Gasteiger charge is -2.23. The first kappa shape index (κ1) is 14.6. The maximum absolute atomic E-state index is 11.9. The number of rotatable bonds is 4. The van der Waals surface area contributed by atoms with Crippen LogP contribution in [0.1, 0.15) is 33.1 Å². The number of aliphatic imine (C=N–C) groups is 1. The molecule has 1 aliphatic rings. The van der Waals surface area contributed by atoms with Gasteiger partial charge in [-0.1, -0.05) is 12.5 Å². The second kappa shape index (κ2) is 7.81. The van der Waals surface area contributed by atoms with Gasteiger partial charge in [0.25, 0.3) is 0 Å². The van der Waals surface area contributed by atoms with Crippen LogP contribution in [0.3, 0.4) is 0 Å². The van der Waals surface area contributed by atoms with E-state index in [1.807, 2.05) is 19.9 Å². The summed E-state index contributed by atoms with van der Waals surface area (Å²) in [5.74, 6) is 0.0825. The number of allylic oxidation sites excluding steroid dienone is 1. The maximum Gasteiger partial charge on any atom is 0.237 e. The average Bonchev–Trinajstić information content (AvgIpc) is 2.36. The van der Waals surface area contributed by atoms with Crippen molar-refractivity contribution >= 4 is 34.7 Å². The van der Waals surface area contributed by atoms with E-state index >= 15 is 0 Å². The Bertz CT molecular complexity index is 309. The first-order valence-electron chi connectivity index (χ1n) is 6.03. The molecule has 2 N–H and O–H groups in total. The molecule has 17 heavy (non-hydrogen) atoms. The molecule has 0 aliphatic carbocycles. The maximum atomic E-state index is 11.9. The predicted octanol–water partition coefficient (Wildman–Crippen LogP) is 2.00. The molecule has 4 nitrogen and oxygen atoms in total. The van der Waals surface area contributed by atoms with Crippen LogP contribution in [0, 0.1) is 0 Å². The van der Waals surface area contributed by atoms with Gasteiger partial charge in [-0.25, -0.2) is 0 Å². The normalized spacial score (nSPS) is 23.7. The molecule has 0 aromatic carbocycles. The van der Waals surface area contributed by atoms with E-state index in [4.69, 9.17) is 0 Å². The van der Waals surface area contributed by atoms with Crippen LogP contribution in [-0.2, 0) is 4.79 Å². The van der Waals surface area contributed by atoms with Crippen LogP contribution in [0.25, 0.3) is 0 Å². The van der Waals surface area contributed by atoms with Gasteiger partial charge in [-0.15, -0.1) is 0 Å². The third kappa shape index (κ3) is 5.63. The first-order valence-corrected chi connectivity index (χ1v) is 7.11. The van der Waals surface area contributed by atoms with Crippen molar-refractivity contribution in [1.82, 2.24) is 10.6 Å². The van der Waals surface area contributed by atoms with Crippen molar-refractivity contribution in [3.05, 3.63) is 9.78 Å². The molecule has 1 rings (SSSR count). The Kier molecular flexibility index (Phi) is 6.72. The molecular formula is C12H20IN3O. The number of hydrogen-bond donors (Lipinski definition) is 2. The van der Waals surface area contributed by atoms with E-state index in [2.05, 4.69) is 38.2 Å². The lowest BCUT2D eigenvalue weighted by atomic mass is 10.0. The first-order chi connectivity index (χ1) is 8.13. The number of halogens is 1. The quantitative estimate of drug-likeness (QED) is 0.463. The SMILES string of the molecule is C/C=C(/I)N=CC(C)NC(=O)C1CCCCN1. The number of carbonyl (C=O) groups excluding carboxylic acids is 1. The summed E-state index contributed by atoms with van der Waals surface area (Å²) < 4.78 is 0.930. The lowest BCUT2D eigenvalue weighted by molar-refractivity contribution is -0.123. The third-order valence-corrected chi connectivity index (χ3v) is 3.56. The largest absolute Gasteiger partial charge is 0.347 e. The highest BCUT2D eigenvalue weighted by atomic mass is 127. The summed E-state index contributed by atoms with van der Waals surface area (Å²) >= 11 is 2.15. The molecule has 2 atom stereocenters. The number of piperidine rings is 1. The van der Waals surface area contributed by atoms with E-state index in [9.17, 15) is 4.79 Å². The summed E-state index contributed by atoms with van der Waals surface area (Å²) in [5.41, 5.74) is 0. The number of carbonyl (C=O) groups is 1. The monoisotopic (exact) mass is 349 g/mol. The molecule has 0 spiro atoms. The van der Waals surface area contributed by atoms with Gasteiger partial charge in [-0.2, -0.15) is 0 Å². The number of nitrogens with one attached hydrogen (secondary N) is 2. The molecule has 1 aliphatic heterocycles. The standard InChI is InChI=1S/C12H20IN3O/c1-3-11(13)15-8-9(2)16-12(17)10-6-4-5-7-14-10/h3,8-10,14H,4-7H2,1-2H3,(H,16,17)/b11-3-,15-8?. The average molecular weight is 349 g/mol. The Hall–Kier alpha value is -0.430. The number of hydrogen-bond acceptors (Lipinski definition) is 3. The Morgan fingerprint density at radius 1 is 1.59 bits per heavy atom. The fourth-order valence-electron chi connectivity index (χ4n) is 1.70. The van der Waals surface area contributed by atoms with E-state index in [-0.39, 0.29) is 18.0 Å². The Balaban J connectivity index is 2.37. The van der Waals surface area contributed by atoms with Gasteiger partial charge in [0, 0.05) is 6.21 Å². The minimum Gasteiger partial charge on any atom is -0.347 e. The van der Waals surface area contributed by atoms with Gasteiger partial charge in [-0.3, -0.25) is 9.79 Å². The zero-order chi connectivity index (χ0) is 12.7. The van der Waals surface area contributed by atoms with Crippen LogP contribution in [0.4, 0.5) is 0 Å². The molecule has 0 bridgehead atoms. The zero-order valence-electron chi connectivity index (χ0n) is 10.4. The molecule has 0 saturated carbocycles. The third-order valence-electron chi connectivity index (χ3n) is 2.66. The van der Waals surface area contributed by atoms with Crippen LogP contribution >= 0.6 is 22.6 Å². The summed E-state index contributed by atoms with van der Waals surface area (Å²) in [4.78, 5) is 16.1. The van der Waals surface area contributed by atoms with E-state index < -0.39 is 0 Å². The molecule has 0 aromatic heterocycles. The highest BCUT2D eigenvalue weighted by Gasteiger charge is 2.20. The molecule has 96 valence electrons. The molecule has 1 fully saturated rings. The molecule has 1 amide bonds. The summed E-state index contributed by atoms with van der Waals surface area (Å²) in [6.45, 7) is 4.81. The van der Waals surface area contributed by atoms with Crippen molar-refractivity contribution in [3.8, 4) is 0 Å². The molecule has 0 aromatic rings. The van der Waals surface area contributed by atoms with Crippen molar-refractivity contribution in [2.45, 2.75) is 45.2 Å². The molecule has 0 radical (unpaired) electrons. The highest BCUT2D eigenvalue weighted by molar-refractivity contribution is 14.1. The van der Waals surface area contributed by atoms with Crippen LogP contribution in [0.5, 0.6) is 0 Å². The van der Waals surface area contributed by atoms with Crippen molar-refractivity contribution in [2.75, 3.05) is 6.54 Å². The van der Waals surface area contributed by atoms with Crippen molar-refractivity contribution < 1.29 is 4.79 Å². The molecular weight excluding hydrogens is 329 g/mol. The van der Waals surface area contributed by atoms with Gasteiger partial charge in [0.05, 0.1) is 15.8 Å². The molecule has 1 saturated heterocycles. The molecule has 5 heteroatoms. The van der Waals surface area contributed by atoms with Gasteiger partial charge in [-0.05, 0) is 55.8 Å². The Labute approximate surface area is 116 Å². The molecule has 2 unspecified atom stereocenters. The second-order valence-electron chi connectivity index (χ2n) is 4.19. The van der Waals surface area contributed by atoms with Crippen LogP contribution in [0.2, 0.25) is 0 Å². The molecule has 1 heterocycles. The van der Waals surface area contributed by atoms with E-state index in [1.165, 1.54) is 6.42 Å². The van der Waals surface area contributed by atoms with E-state index in [1.54, 1.807) is 6.21 Å². The fraction of sp³-hybridized carbons (Fsp3) is 0.667. The van der Waals surface area contributed by atoms with Crippen LogP contribution in [0.15, 0.2) is 14.8 Å². The predicted molar refractivity (Wildman–Crippen MR) is 79.5 cm³/mol. The van der Waals surface area contributed by atoms with Gasteiger partial charge in [0.1, 0.15) is 0 Å². The minimum atomic E-state index is -0.0315. The second-order valence-corrected chi connectivity index (χ2v) is 5.29. The number of amides is 1.